The lowest BCUT2D eigenvalue weighted by Crippen LogP contribution is -2.17. The van der Waals surface area contributed by atoms with E-state index in [0.717, 1.165) is 11.3 Å². The molecular weight excluding hydrogens is 320 g/mol. The van der Waals surface area contributed by atoms with E-state index < -0.39 is 0 Å². The number of hydrogen-bond donors (Lipinski definition) is 3. The summed E-state index contributed by atoms with van der Waals surface area (Å²) >= 11 is 0. The molecule has 7 heteroatoms. The lowest BCUT2D eigenvalue weighted by atomic mass is 10.1. The third-order valence-corrected chi connectivity index (χ3v) is 3.97. The van der Waals surface area contributed by atoms with E-state index >= 15 is 0 Å². The molecule has 0 saturated carbocycles. The number of nitro benzene ring substituents is 1. The molecule has 0 amide bonds. The summed E-state index contributed by atoms with van der Waals surface area (Å²) in [6.45, 7) is 1.68. The maximum Gasteiger partial charge on any atom is 0.276 e. The molecular formula is C18H20N4O3. The first-order chi connectivity index (χ1) is 12.2. The maximum absolute atomic E-state index is 11.4. The average Bonchev–Trinajstić information content (AvgIpc) is 3.03. The topological polar surface area (TPSA) is 90.7 Å². The molecule has 25 heavy (non-hydrogen) atoms. The Kier molecular flexibility index (Phi) is 5.27. The number of fused-ring (bicyclic) bond motifs is 1. The van der Waals surface area contributed by atoms with Gasteiger partial charge in [-0.25, -0.2) is 0 Å². The second kappa shape index (κ2) is 7.78. The number of para-hydroxylation sites is 1. The van der Waals surface area contributed by atoms with Crippen LogP contribution in [-0.4, -0.2) is 28.2 Å². The Labute approximate surface area is 145 Å². The number of nitro groups is 1. The van der Waals surface area contributed by atoms with Gasteiger partial charge < -0.3 is 10.4 Å². The third kappa shape index (κ3) is 4.14. The molecule has 0 atom stereocenters. The van der Waals surface area contributed by atoms with E-state index in [2.05, 4.69) is 10.7 Å². The maximum atomic E-state index is 11.4. The van der Waals surface area contributed by atoms with Crippen molar-refractivity contribution in [3.63, 3.8) is 0 Å². The zero-order valence-electron chi connectivity index (χ0n) is 13.7. The summed E-state index contributed by atoms with van der Waals surface area (Å²) in [6.07, 6.45) is 3.55. The largest absolute Gasteiger partial charge is 0.395 e. The van der Waals surface area contributed by atoms with Crippen LogP contribution in [0.25, 0.3) is 6.08 Å². The Hall–Kier alpha value is -2.90. The molecule has 7 nitrogen and oxygen atoms in total. The molecule has 3 rings (SSSR count). The van der Waals surface area contributed by atoms with Gasteiger partial charge in [-0.2, -0.15) is 0 Å². The molecule has 0 spiro atoms. The Morgan fingerprint density at radius 1 is 1.32 bits per heavy atom. The fourth-order valence-corrected chi connectivity index (χ4v) is 2.72. The highest BCUT2D eigenvalue weighted by Crippen LogP contribution is 2.26. The van der Waals surface area contributed by atoms with Gasteiger partial charge in [0.05, 0.1) is 29.3 Å². The van der Waals surface area contributed by atoms with Crippen LogP contribution in [-0.2, 0) is 13.1 Å². The standard InChI is InChI=1S/C18H20N4O3/c23-10-8-19-12-14-5-6-15(18(11-14)22(24)25)7-9-21-13-16-3-1-2-4-17(16)20-21/h1-7,9,11,19-20,23H,8,10,12-13H2. The number of aliphatic hydroxyl groups excluding tert-OH is 1. The molecule has 0 aromatic heterocycles. The normalized spacial score (nSPS) is 13.1. The number of anilines is 1. The molecule has 0 saturated heterocycles. The fourth-order valence-electron chi connectivity index (χ4n) is 2.72. The zero-order valence-corrected chi connectivity index (χ0v) is 13.7. The lowest BCUT2D eigenvalue weighted by molar-refractivity contribution is -0.385. The Morgan fingerprint density at radius 3 is 2.92 bits per heavy atom. The quantitative estimate of drug-likeness (QED) is 0.407. The van der Waals surface area contributed by atoms with E-state index in [0.29, 0.717) is 25.2 Å². The summed E-state index contributed by atoms with van der Waals surface area (Å²) in [5.41, 5.74) is 6.90. The highest BCUT2D eigenvalue weighted by atomic mass is 16.6. The Morgan fingerprint density at radius 2 is 2.16 bits per heavy atom. The van der Waals surface area contributed by atoms with Crippen molar-refractivity contribution < 1.29 is 10.0 Å². The summed E-state index contributed by atoms with van der Waals surface area (Å²) in [5.74, 6) is 0. The fraction of sp³-hybridized carbons (Fsp3) is 0.222. The number of hydrogen-bond acceptors (Lipinski definition) is 6. The van der Waals surface area contributed by atoms with Crippen LogP contribution >= 0.6 is 0 Å². The Bertz CT molecular complexity index is 767. The second-order valence-electron chi connectivity index (χ2n) is 5.76. The van der Waals surface area contributed by atoms with Crippen LogP contribution in [0.3, 0.4) is 0 Å². The predicted octanol–water partition coefficient (Wildman–Crippen LogP) is 2.49. The van der Waals surface area contributed by atoms with Crippen molar-refractivity contribution in [3.05, 3.63) is 75.5 Å². The summed E-state index contributed by atoms with van der Waals surface area (Å²) in [5, 5.41) is 25.0. The number of nitrogens with zero attached hydrogens (tertiary/aromatic N) is 2. The van der Waals surface area contributed by atoms with Gasteiger partial charge in [0, 0.05) is 25.4 Å². The minimum absolute atomic E-state index is 0.0359. The molecule has 1 heterocycles. The molecule has 2 aromatic carbocycles. The van der Waals surface area contributed by atoms with Gasteiger partial charge in [-0.15, -0.1) is 0 Å². The molecule has 0 unspecified atom stereocenters. The summed E-state index contributed by atoms with van der Waals surface area (Å²) < 4.78 is 0. The summed E-state index contributed by atoms with van der Waals surface area (Å²) in [7, 11) is 0. The molecule has 1 aliphatic rings. The van der Waals surface area contributed by atoms with E-state index in [4.69, 9.17) is 5.11 Å². The predicted molar refractivity (Wildman–Crippen MR) is 96.5 cm³/mol. The van der Waals surface area contributed by atoms with Crippen LogP contribution < -0.4 is 10.7 Å². The molecule has 130 valence electrons. The molecule has 0 aliphatic carbocycles. The van der Waals surface area contributed by atoms with Crippen molar-refractivity contribution in [1.82, 2.24) is 10.3 Å². The van der Waals surface area contributed by atoms with Crippen LogP contribution in [0.5, 0.6) is 0 Å². The van der Waals surface area contributed by atoms with Crippen LogP contribution in [0.4, 0.5) is 11.4 Å². The van der Waals surface area contributed by atoms with E-state index in [1.54, 1.807) is 18.2 Å². The summed E-state index contributed by atoms with van der Waals surface area (Å²) in [4.78, 5) is 11.0. The SMILES string of the molecule is O=[N+]([O-])c1cc(CNCCO)ccc1C=CN1Cc2ccccc2N1. The van der Waals surface area contributed by atoms with Crippen LogP contribution in [0.15, 0.2) is 48.7 Å². The number of aliphatic hydroxyl groups is 1. The van der Waals surface area contributed by atoms with Crippen molar-refractivity contribution in [1.29, 1.82) is 0 Å². The van der Waals surface area contributed by atoms with Gasteiger partial charge in [0.15, 0.2) is 0 Å². The van der Waals surface area contributed by atoms with Crippen molar-refractivity contribution >= 4 is 17.5 Å². The first-order valence-electron chi connectivity index (χ1n) is 8.05. The van der Waals surface area contributed by atoms with Crippen LogP contribution in [0, 0.1) is 10.1 Å². The van der Waals surface area contributed by atoms with Gasteiger partial charge in [0.25, 0.3) is 5.69 Å². The Balaban J connectivity index is 1.72. The van der Waals surface area contributed by atoms with Gasteiger partial charge in [-0.1, -0.05) is 24.3 Å². The zero-order chi connectivity index (χ0) is 17.6. The van der Waals surface area contributed by atoms with Crippen molar-refractivity contribution in [2.24, 2.45) is 0 Å². The first kappa shape index (κ1) is 16.9. The molecule has 0 radical (unpaired) electrons. The second-order valence-corrected chi connectivity index (χ2v) is 5.76. The smallest absolute Gasteiger partial charge is 0.276 e. The van der Waals surface area contributed by atoms with Gasteiger partial charge in [-0.05, 0) is 29.3 Å². The number of nitrogens with one attached hydrogen (secondary N) is 2. The van der Waals surface area contributed by atoms with Crippen molar-refractivity contribution in [2.75, 3.05) is 18.6 Å². The van der Waals surface area contributed by atoms with E-state index in [1.165, 1.54) is 5.56 Å². The number of benzene rings is 2. The van der Waals surface area contributed by atoms with E-state index in [1.807, 2.05) is 41.5 Å². The summed E-state index contributed by atoms with van der Waals surface area (Å²) in [6, 6.07) is 13.2. The molecule has 0 bridgehead atoms. The first-order valence-corrected chi connectivity index (χ1v) is 8.05. The van der Waals surface area contributed by atoms with Crippen molar-refractivity contribution in [2.45, 2.75) is 13.1 Å². The average molecular weight is 340 g/mol. The minimum atomic E-state index is -0.374. The van der Waals surface area contributed by atoms with Gasteiger partial charge >= 0.3 is 0 Å². The molecule has 3 N–H and O–H groups in total. The molecule has 0 fully saturated rings. The van der Waals surface area contributed by atoms with Gasteiger partial charge in [0.2, 0.25) is 0 Å². The van der Waals surface area contributed by atoms with Crippen LogP contribution in [0.2, 0.25) is 0 Å². The number of hydrazine groups is 1. The molecule has 1 aliphatic heterocycles. The monoisotopic (exact) mass is 340 g/mol. The minimum Gasteiger partial charge on any atom is -0.395 e. The van der Waals surface area contributed by atoms with Gasteiger partial charge in [-0.3, -0.25) is 20.5 Å². The lowest BCUT2D eigenvalue weighted by Gasteiger charge is -2.12. The third-order valence-electron chi connectivity index (χ3n) is 3.97. The highest BCUT2D eigenvalue weighted by Gasteiger charge is 2.16. The number of rotatable bonds is 7. The van der Waals surface area contributed by atoms with E-state index in [-0.39, 0.29) is 17.2 Å². The van der Waals surface area contributed by atoms with E-state index in [9.17, 15) is 10.1 Å². The highest BCUT2D eigenvalue weighted by molar-refractivity contribution is 5.62. The molecule has 2 aromatic rings. The van der Waals surface area contributed by atoms with Crippen molar-refractivity contribution in [3.8, 4) is 0 Å². The van der Waals surface area contributed by atoms with Gasteiger partial charge in [0.1, 0.15) is 0 Å². The van der Waals surface area contributed by atoms with Crippen LogP contribution in [0.1, 0.15) is 16.7 Å².